The van der Waals surface area contributed by atoms with Crippen LogP contribution >= 0.6 is 0 Å². The van der Waals surface area contributed by atoms with E-state index in [0.29, 0.717) is 30.9 Å². The molecule has 3 rings (SSSR count). The molecule has 2 aromatic rings. The molecule has 0 atom stereocenters. The zero-order valence-electron chi connectivity index (χ0n) is 11.2. The van der Waals surface area contributed by atoms with Gasteiger partial charge in [0.15, 0.2) is 5.82 Å². The number of hydrogen-bond acceptors (Lipinski definition) is 5. The van der Waals surface area contributed by atoms with Crippen LogP contribution in [-0.4, -0.2) is 32.1 Å². The van der Waals surface area contributed by atoms with Crippen molar-refractivity contribution in [2.24, 2.45) is 5.84 Å². The van der Waals surface area contributed by atoms with E-state index < -0.39 is 0 Å². The summed E-state index contributed by atoms with van der Waals surface area (Å²) in [5.41, 5.74) is 4.85. The maximum Gasteiger partial charge on any atom is 0.256 e. The zero-order valence-corrected chi connectivity index (χ0v) is 11.2. The SMILES string of the molecule is Cc1ccc(C(=O)N2CCn3cnnc3C2)c(NN)c1. The first-order chi connectivity index (χ1) is 9.69. The van der Waals surface area contributed by atoms with Gasteiger partial charge in [0, 0.05) is 13.1 Å². The molecule has 0 radical (unpaired) electrons. The number of hydrazine groups is 1. The van der Waals surface area contributed by atoms with Crippen molar-refractivity contribution in [3.8, 4) is 0 Å². The summed E-state index contributed by atoms with van der Waals surface area (Å²) in [6, 6.07) is 5.56. The van der Waals surface area contributed by atoms with Gasteiger partial charge in [0.1, 0.15) is 6.33 Å². The highest BCUT2D eigenvalue weighted by molar-refractivity contribution is 5.99. The average molecular weight is 272 g/mol. The molecule has 1 aliphatic rings. The first kappa shape index (κ1) is 12.6. The van der Waals surface area contributed by atoms with E-state index in [4.69, 9.17) is 5.84 Å². The Morgan fingerprint density at radius 3 is 3.05 bits per heavy atom. The third-order valence-corrected chi connectivity index (χ3v) is 3.49. The van der Waals surface area contributed by atoms with Gasteiger partial charge in [-0.25, -0.2) is 0 Å². The lowest BCUT2D eigenvalue weighted by atomic mass is 10.1. The lowest BCUT2D eigenvalue weighted by molar-refractivity contribution is 0.0708. The lowest BCUT2D eigenvalue weighted by Crippen LogP contribution is -2.38. The second-order valence-electron chi connectivity index (χ2n) is 4.86. The van der Waals surface area contributed by atoms with E-state index in [1.165, 1.54) is 0 Å². The normalized spacial score (nSPS) is 14.0. The molecule has 104 valence electrons. The maximum atomic E-state index is 12.6. The van der Waals surface area contributed by atoms with Crippen molar-refractivity contribution in [1.82, 2.24) is 19.7 Å². The van der Waals surface area contributed by atoms with Crippen molar-refractivity contribution >= 4 is 11.6 Å². The Labute approximate surface area is 116 Å². The van der Waals surface area contributed by atoms with Crippen LogP contribution < -0.4 is 11.3 Å². The number of anilines is 1. The van der Waals surface area contributed by atoms with Crippen LogP contribution in [0, 0.1) is 6.92 Å². The molecule has 20 heavy (non-hydrogen) atoms. The average Bonchev–Trinajstić information content (AvgIpc) is 2.93. The van der Waals surface area contributed by atoms with E-state index in [2.05, 4.69) is 15.6 Å². The van der Waals surface area contributed by atoms with Crippen molar-refractivity contribution in [1.29, 1.82) is 0 Å². The van der Waals surface area contributed by atoms with Gasteiger partial charge in [-0.05, 0) is 24.6 Å². The Kier molecular flexibility index (Phi) is 3.11. The number of fused-ring (bicyclic) bond motifs is 1. The topological polar surface area (TPSA) is 89.1 Å². The number of nitrogens with one attached hydrogen (secondary N) is 1. The number of nitrogens with two attached hydrogens (primary N) is 1. The minimum Gasteiger partial charge on any atom is -0.329 e. The van der Waals surface area contributed by atoms with E-state index in [1.54, 1.807) is 17.3 Å². The first-order valence-electron chi connectivity index (χ1n) is 6.42. The zero-order chi connectivity index (χ0) is 14.1. The van der Waals surface area contributed by atoms with Crippen molar-refractivity contribution in [2.75, 3.05) is 12.0 Å². The summed E-state index contributed by atoms with van der Waals surface area (Å²) in [6.45, 7) is 3.78. The number of aryl methyl sites for hydroxylation is 1. The number of carbonyl (C=O) groups is 1. The minimum absolute atomic E-state index is 0.0489. The fraction of sp³-hybridized carbons (Fsp3) is 0.308. The second kappa shape index (κ2) is 4.93. The molecule has 7 nitrogen and oxygen atoms in total. The van der Waals surface area contributed by atoms with Gasteiger partial charge >= 0.3 is 0 Å². The molecule has 3 N–H and O–H groups in total. The van der Waals surface area contributed by atoms with E-state index in [-0.39, 0.29) is 5.91 Å². The molecule has 1 aromatic carbocycles. The fourth-order valence-corrected chi connectivity index (χ4v) is 2.37. The van der Waals surface area contributed by atoms with Crippen molar-refractivity contribution in [3.05, 3.63) is 41.5 Å². The third-order valence-electron chi connectivity index (χ3n) is 3.49. The van der Waals surface area contributed by atoms with Crippen molar-refractivity contribution in [2.45, 2.75) is 20.0 Å². The number of nitrogens with zero attached hydrogens (tertiary/aromatic N) is 4. The molecule has 0 saturated carbocycles. The van der Waals surface area contributed by atoms with Crippen LogP contribution in [0.3, 0.4) is 0 Å². The maximum absolute atomic E-state index is 12.6. The molecular formula is C13H16N6O. The van der Waals surface area contributed by atoms with Gasteiger partial charge in [-0.15, -0.1) is 10.2 Å². The van der Waals surface area contributed by atoms with Gasteiger partial charge in [-0.1, -0.05) is 6.07 Å². The van der Waals surface area contributed by atoms with Crippen LogP contribution in [0.1, 0.15) is 21.7 Å². The van der Waals surface area contributed by atoms with Gasteiger partial charge in [0.2, 0.25) is 0 Å². The third kappa shape index (κ3) is 2.12. The number of benzene rings is 1. The standard InChI is InChI=1S/C13H16N6O/c1-9-2-3-10(11(6-9)16-14)13(20)18-4-5-19-8-15-17-12(19)7-18/h2-3,6,8,16H,4-5,7,14H2,1H3. The van der Waals surface area contributed by atoms with Crippen LogP contribution in [0.2, 0.25) is 0 Å². The summed E-state index contributed by atoms with van der Waals surface area (Å²) >= 11 is 0. The van der Waals surface area contributed by atoms with E-state index in [0.717, 1.165) is 11.4 Å². The van der Waals surface area contributed by atoms with Gasteiger partial charge in [0.25, 0.3) is 5.91 Å². The first-order valence-corrected chi connectivity index (χ1v) is 6.42. The Morgan fingerprint density at radius 2 is 2.25 bits per heavy atom. The van der Waals surface area contributed by atoms with Gasteiger partial charge in [0.05, 0.1) is 17.8 Å². The highest BCUT2D eigenvalue weighted by Crippen LogP contribution is 2.20. The largest absolute Gasteiger partial charge is 0.329 e. The van der Waals surface area contributed by atoms with Crippen LogP contribution in [0.4, 0.5) is 5.69 Å². The molecule has 0 spiro atoms. The highest BCUT2D eigenvalue weighted by Gasteiger charge is 2.24. The fourth-order valence-electron chi connectivity index (χ4n) is 2.37. The molecule has 0 bridgehead atoms. The van der Waals surface area contributed by atoms with Crippen LogP contribution in [0.15, 0.2) is 24.5 Å². The van der Waals surface area contributed by atoms with Gasteiger partial charge in [-0.3, -0.25) is 10.6 Å². The molecule has 0 saturated heterocycles. The van der Waals surface area contributed by atoms with E-state index >= 15 is 0 Å². The molecule has 0 fully saturated rings. The Hall–Kier alpha value is -2.41. The van der Waals surface area contributed by atoms with E-state index in [1.807, 2.05) is 23.6 Å². The highest BCUT2D eigenvalue weighted by atomic mass is 16.2. The summed E-state index contributed by atoms with van der Waals surface area (Å²) in [5.74, 6) is 6.26. The van der Waals surface area contributed by atoms with Crippen LogP contribution in [0.5, 0.6) is 0 Å². The smallest absolute Gasteiger partial charge is 0.256 e. The molecule has 0 unspecified atom stereocenters. The molecule has 2 heterocycles. The predicted octanol–water partition coefficient (Wildman–Crippen LogP) is 0.528. The van der Waals surface area contributed by atoms with E-state index in [9.17, 15) is 4.79 Å². The number of rotatable bonds is 2. The quantitative estimate of drug-likeness (QED) is 0.615. The summed E-state index contributed by atoms with van der Waals surface area (Å²) in [4.78, 5) is 14.4. The number of carbonyl (C=O) groups excluding carboxylic acids is 1. The van der Waals surface area contributed by atoms with Crippen molar-refractivity contribution < 1.29 is 4.79 Å². The summed E-state index contributed by atoms with van der Waals surface area (Å²) < 4.78 is 1.96. The Bertz CT molecular complexity index is 650. The molecule has 1 amide bonds. The number of nitrogen functional groups attached to an aromatic ring is 1. The summed E-state index contributed by atoms with van der Waals surface area (Å²) in [6.07, 6.45) is 1.69. The molecule has 1 aromatic heterocycles. The summed E-state index contributed by atoms with van der Waals surface area (Å²) in [7, 11) is 0. The Morgan fingerprint density at radius 1 is 1.40 bits per heavy atom. The monoisotopic (exact) mass is 272 g/mol. The van der Waals surface area contributed by atoms with Crippen molar-refractivity contribution in [3.63, 3.8) is 0 Å². The summed E-state index contributed by atoms with van der Waals surface area (Å²) in [5, 5.41) is 7.88. The lowest BCUT2D eigenvalue weighted by Gasteiger charge is -2.27. The van der Waals surface area contributed by atoms with Crippen LogP contribution in [-0.2, 0) is 13.1 Å². The molecule has 7 heteroatoms. The van der Waals surface area contributed by atoms with Gasteiger partial charge in [-0.2, -0.15) is 0 Å². The molecule has 1 aliphatic heterocycles. The van der Waals surface area contributed by atoms with Gasteiger partial charge < -0.3 is 14.9 Å². The molecule has 0 aliphatic carbocycles. The number of amides is 1. The van der Waals surface area contributed by atoms with Crippen LogP contribution in [0.25, 0.3) is 0 Å². The molecular weight excluding hydrogens is 256 g/mol. The second-order valence-corrected chi connectivity index (χ2v) is 4.86. The number of hydrogen-bond donors (Lipinski definition) is 2. The predicted molar refractivity (Wildman–Crippen MR) is 73.8 cm³/mol. The number of aromatic nitrogens is 3. The Balaban J connectivity index is 1.87. The minimum atomic E-state index is -0.0489.